The maximum absolute atomic E-state index is 5.94. The van der Waals surface area contributed by atoms with E-state index in [4.69, 9.17) is 15.0 Å². The molecule has 0 fully saturated rings. The van der Waals surface area contributed by atoms with Gasteiger partial charge in [0.25, 0.3) is 0 Å². The van der Waals surface area contributed by atoms with E-state index in [2.05, 4.69) is 30.9 Å². The molecule has 0 atom stereocenters. The zero-order valence-electron chi connectivity index (χ0n) is 12.1. The summed E-state index contributed by atoms with van der Waals surface area (Å²) in [6, 6.07) is 5.57. The highest BCUT2D eigenvalue weighted by Gasteiger charge is 2.21. The van der Waals surface area contributed by atoms with E-state index in [0.717, 1.165) is 10.6 Å². The van der Waals surface area contributed by atoms with Crippen molar-refractivity contribution in [3.63, 3.8) is 0 Å². The van der Waals surface area contributed by atoms with Crippen LogP contribution in [0.4, 0.5) is 5.69 Å². The van der Waals surface area contributed by atoms with Crippen LogP contribution in [0.3, 0.4) is 0 Å². The van der Waals surface area contributed by atoms with Gasteiger partial charge in [0.2, 0.25) is 5.89 Å². The Hall–Kier alpha value is -1.69. The Morgan fingerprint density at radius 2 is 2.10 bits per heavy atom. The van der Waals surface area contributed by atoms with Crippen LogP contribution in [0.25, 0.3) is 0 Å². The Bertz CT molecular complexity index is 590. The van der Waals surface area contributed by atoms with E-state index < -0.39 is 0 Å². The first kappa shape index (κ1) is 14.7. The Kier molecular flexibility index (Phi) is 4.23. The standard InChI is InChI=1S/C14H19N3O2S/c1-14(2,3)13-16-12(19-17-13)8-20-11-7-9(18-4)5-6-10(11)15/h5-7H,8,15H2,1-4H3. The molecule has 0 aliphatic carbocycles. The molecule has 0 bridgehead atoms. The Balaban J connectivity index is 2.07. The van der Waals surface area contributed by atoms with Crippen molar-refractivity contribution in [2.24, 2.45) is 0 Å². The SMILES string of the molecule is COc1ccc(N)c(SCc2nc(C(C)(C)C)no2)c1. The molecule has 0 saturated heterocycles. The number of anilines is 1. The molecule has 5 nitrogen and oxygen atoms in total. The monoisotopic (exact) mass is 293 g/mol. The zero-order valence-corrected chi connectivity index (χ0v) is 13.0. The lowest BCUT2D eigenvalue weighted by atomic mass is 9.96. The maximum Gasteiger partial charge on any atom is 0.237 e. The van der Waals surface area contributed by atoms with Gasteiger partial charge in [-0.3, -0.25) is 0 Å². The summed E-state index contributed by atoms with van der Waals surface area (Å²) in [5.74, 6) is 2.68. The van der Waals surface area contributed by atoms with Gasteiger partial charge in [0.05, 0.1) is 12.9 Å². The van der Waals surface area contributed by atoms with Crippen LogP contribution in [-0.2, 0) is 11.2 Å². The molecule has 6 heteroatoms. The summed E-state index contributed by atoms with van der Waals surface area (Å²) < 4.78 is 10.4. The molecule has 0 unspecified atom stereocenters. The van der Waals surface area contributed by atoms with Gasteiger partial charge in [0.1, 0.15) is 5.75 Å². The molecule has 0 radical (unpaired) electrons. The number of hydrogen-bond acceptors (Lipinski definition) is 6. The van der Waals surface area contributed by atoms with E-state index in [1.54, 1.807) is 18.9 Å². The Morgan fingerprint density at radius 1 is 1.35 bits per heavy atom. The molecule has 20 heavy (non-hydrogen) atoms. The maximum atomic E-state index is 5.94. The minimum atomic E-state index is -0.110. The van der Waals surface area contributed by atoms with Crippen LogP contribution in [0.15, 0.2) is 27.6 Å². The summed E-state index contributed by atoms with van der Waals surface area (Å²) in [4.78, 5) is 5.34. The smallest absolute Gasteiger partial charge is 0.237 e. The van der Waals surface area contributed by atoms with Gasteiger partial charge in [-0.2, -0.15) is 4.98 Å². The lowest BCUT2D eigenvalue weighted by molar-refractivity contribution is 0.373. The molecule has 2 N–H and O–H groups in total. The van der Waals surface area contributed by atoms with E-state index in [0.29, 0.717) is 23.2 Å². The third kappa shape index (κ3) is 3.45. The number of rotatable bonds is 4. The van der Waals surface area contributed by atoms with Gasteiger partial charge in [-0.05, 0) is 18.2 Å². The number of methoxy groups -OCH3 is 1. The Labute approximate surface area is 122 Å². The predicted molar refractivity (Wildman–Crippen MR) is 80.0 cm³/mol. The highest BCUT2D eigenvalue weighted by atomic mass is 32.2. The van der Waals surface area contributed by atoms with Gasteiger partial charge >= 0.3 is 0 Å². The molecule has 108 valence electrons. The summed E-state index contributed by atoms with van der Waals surface area (Å²) in [6.45, 7) is 6.15. The van der Waals surface area contributed by atoms with E-state index >= 15 is 0 Å². The molecule has 1 heterocycles. The number of nitrogen functional groups attached to an aromatic ring is 1. The third-order valence-electron chi connectivity index (χ3n) is 2.71. The molecule has 1 aromatic carbocycles. The van der Waals surface area contributed by atoms with Crippen molar-refractivity contribution < 1.29 is 9.26 Å². The van der Waals surface area contributed by atoms with Gasteiger partial charge in [-0.1, -0.05) is 25.9 Å². The topological polar surface area (TPSA) is 74.2 Å². The number of aromatic nitrogens is 2. The van der Waals surface area contributed by atoms with Crippen molar-refractivity contribution in [1.29, 1.82) is 0 Å². The number of hydrogen-bond donors (Lipinski definition) is 1. The summed E-state index contributed by atoms with van der Waals surface area (Å²) in [6.07, 6.45) is 0. The number of thioether (sulfide) groups is 1. The molecular weight excluding hydrogens is 274 g/mol. The summed E-state index contributed by atoms with van der Waals surface area (Å²) >= 11 is 1.55. The predicted octanol–water partition coefficient (Wildman–Crippen LogP) is 3.25. The van der Waals surface area contributed by atoms with Gasteiger partial charge in [0, 0.05) is 16.0 Å². The van der Waals surface area contributed by atoms with Crippen LogP contribution in [0, 0.1) is 0 Å². The molecular formula is C14H19N3O2S. The third-order valence-corrected chi connectivity index (χ3v) is 3.77. The van der Waals surface area contributed by atoms with Crippen molar-refractivity contribution in [3.05, 3.63) is 29.9 Å². The fourth-order valence-electron chi connectivity index (χ4n) is 1.52. The van der Waals surface area contributed by atoms with Gasteiger partial charge in [0.15, 0.2) is 5.82 Å². The summed E-state index contributed by atoms with van der Waals surface area (Å²) in [5, 5.41) is 4.00. The minimum Gasteiger partial charge on any atom is -0.497 e. The first-order chi connectivity index (χ1) is 9.40. The lowest BCUT2D eigenvalue weighted by Gasteiger charge is -2.10. The number of ether oxygens (including phenoxy) is 1. The summed E-state index contributed by atoms with van der Waals surface area (Å²) in [7, 11) is 1.63. The number of benzene rings is 1. The number of nitrogens with two attached hydrogens (primary N) is 1. The minimum absolute atomic E-state index is 0.110. The molecule has 1 aromatic heterocycles. The van der Waals surface area contributed by atoms with Crippen LogP contribution in [0.2, 0.25) is 0 Å². The second kappa shape index (κ2) is 5.75. The highest BCUT2D eigenvalue weighted by Crippen LogP contribution is 2.31. The first-order valence-corrected chi connectivity index (χ1v) is 7.28. The van der Waals surface area contributed by atoms with Crippen molar-refractivity contribution in [1.82, 2.24) is 10.1 Å². The molecule has 0 aliphatic rings. The van der Waals surface area contributed by atoms with Crippen LogP contribution >= 0.6 is 11.8 Å². The molecule has 0 spiro atoms. The van der Waals surface area contributed by atoms with Gasteiger partial charge in [-0.15, -0.1) is 11.8 Å². The second-order valence-electron chi connectivity index (χ2n) is 5.45. The Morgan fingerprint density at radius 3 is 2.70 bits per heavy atom. The van der Waals surface area contributed by atoms with Crippen LogP contribution < -0.4 is 10.5 Å². The van der Waals surface area contributed by atoms with Crippen molar-refractivity contribution in [2.45, 2.75) is 36.8 Å². The van der Waals surface area contributed by atoms with Crippen LogP contribution in [0.5, 0.6) is 5.75 Å². The van der Waals surface area contributed by atoms with Crippen LogP contribution in [-0.4, -0.2) is 17.3 Å². The lowest BCUT2D eigenvalue weighted by Crippen LogP contribution is -2.13. The van der Waals surface area contributed by atoms with Crippen molar-refractivity contribution in [3.8, 4) is 5.75 Å². The average Bonchev–Trinajstić information content (AvgIpc) is 2.86. The van der Waals surface area contributed by atoms with Gasteiger partial charge < -0.3 is 15.0 Å². The quantitative estimate of drug-likeness (QED) is 0.689. The van der Waals surface area contributed by atoms with Gasteiger partial charge in [-0.25, -0.2) is 0 Å². The fraction of sp³-hybridized carbons (Fsp3) is 0.429. The molecule has 2 rings (SSSR count). The zero-order chi connectivity index (χ0) is 14.8. The van der Waals surface area contributed by atoms with E-state index in [-0.39, 0.29) is 5.41 Å². The average molecular weight is 293 g/mol. The second-order valence-corrected chi connectivity index (χ2v) is 6.47. The van der Waals surface area contributed by atoms with E-state index in [9.17, 15) is 0 Å². The molecule has 0 saturated carbocycles. The highest BCUT2D eigenvalue weighted by molar-refractivity contribution is 7.98. The van der Waals surface area contributed by atoms with Crippen LogP contribution in [0.1, 0.15) is 32.5 Å². The number of nitrogens with zero attached hydrogens (tertiary/aromatic N) is 2. The first-order valence-electron chi connectivity index (χ1n) is 6.29. The largest absolute Gasteiger partial charge is 0.497 e. The normalized spacial score (nSPS) is 11.6. The van der Waals surface area contributed by atoms with E-state index in [1.807, 2.05) is 18.2 Å². The fourth-order valence-corrected chi connectivity index (χ4v) is 2.35. The summed E-state index contributed by atoms with van der Waals surface area (Å²) in [5.41, 5.74) is 6.54. The van der Waals surface area contributed by atoms with Crippen molar-refractivity contribution in [2.75, 3.05) is 12.8 Å². The molecule has 0 aliphatic heterocycles. The van der Waals surface area contributed by atoms with Crippen molar-refractivity contribution >= 4 is 17.4 Å². The molecule has 2 aromatic rings. The van der Waals surface area contributed by atoms with E-state index in [1.165, 1.54) is 0 Å². The molecule has 0 amide bonds.